The molecule has 1 aromatic heterocycles. The molecular weight excluding hydrogens is 242 g/mol. The second-order valence-electron chi connectivity index (χ2n) is 2.93. The summed E-state index contributed by atoms with van der Waals surface area (Å²) in [5, 5.41) is 1.74. The highest BCUT2D eigenvalue weighted by molar-refractivity contribution is 7.91. The van der Waals surface area contributed by atoms with Gasteiger partial charge in [-0.15, -0.1) is 22.9 Å². The van der Waals surface area contributed by atoms with E-state index in [1.165, 1.54) is 11.3 Å². The summed E-state index contributed by atoms with van der Waals surface area (Å²) in [6.07, 6.45) is 0.631. The van der Waals surface area contributed by atoms with E-state index in [1.807, 2.05) is 0 Å². The van der Waals surface area contributed by atoms with Crippen molar-refractivity contribution in [3.63, 3.8) is 0 Å². The standard InChI is InChI=1S/C8H12ClNO2S2/c1-7(4-5-9)10-14(11,12)8-3-2-6-13-8/h2-3,6-7,10H,4-5H2,1H3. The van der Waals surface area contributed by atoms with Crippen LogP contribution in [0.5, 0.6) is 0 Å². The summed E-state index contributed by atoms with van der Waals surface area (Å²) in [6.45, 7) is 1.80. The van der Waals surface area contributed by atoms with E-state index in [4.69, 9.17) is 11.6 Å². The lowest BCUT2D eigenvalue weighted by atomic mass is 10.3. The van der Waals surface area contributed by atoms with Gasteiger partial charge in [-0.25, -0.2) is 13.1 Å². The lowest BCUT2D eigenvalue weighted by molar-refractivity contribution is 0.558. The van der Waals surface area contributed by atoms with Crippen molar-refractivity contribution < 1.29 is 8.42 Å². The Balaban J connectivity index is 2.68. The molecule has 14 heavy (non-hydrogen) atoms. The van der Waals surface area contributed by atoms with Crippen molar-refractivity contribution in [2.75, 3.05) is 5.88 Å². The Bertz CT molecular complexity index is 361. The molecule has 1 rings (SSSR count). The van der Waals surface area contributed by atoms with Crippen LogP contribution in [0.3, 0.4) is 0 Å². The normalized spacial score (nSPS) is 14.1. The van der Waals surface area contributed by atoms with Crippen molar-refractivity contribution in [2.45, 2.75) is 23.6 Å². The molecular formula is C8H12ClNO2S2. The molecule has 0 aliphatic carbocycles. The number of halogens is 1. The molecule has 0 aliphatic heterocycles. The molecule has 0 fully saturated rings. The lowest BCUT2D eigenvalue weighted by Crippen LogP contribution is -2.32. The minimum Gasteiger partial charge on any atom is -0.208 e. The fourth-order valence-electron chi connectivity index (χ4n) is 0.962. The Labute approximate surface area is 93.1 Å². The fourth-order valence-corrected chi connectivity index (χ4v) is 3.58. The molecule has 0 saturated heterocycles. The molecule has 1 heterocycles. The number of thiophene rings is 1. The predicted octanol–water partition coefficient (Wildman–Crippen LogP) is 2.04. The van der Waals surface area contributed by atoms with Gasteiger partial charge in [0, 0.05) is 11.9 Å². The Morgan fingerprint density at radius 2 is 2.36 bits per heavy atom. The molecule has 6 heteroatoms. The zero-order chi connectivity index (χ0) is 10.6. The van der Waals surface area contributed by atoms with Gasteiger partial charge in [-0.3, -0.25) is 0 Å². The highest BCUT2D eigenvalue weighted by Gasteiger charge is 2.17. The van der Waals surface area contributed by atoms with E-state index in [0.717, 1.165) is 0 Å². The molecule has 3 nitrogen and oxygen atoms in total. The first kappa shape index (κ1) is 12.0. The van der Waals surface area contributed by atoms with Gasteiger partial charge in [-0.05, 0) is 24.8 Å². The molecule has 0 saturated carbocycles. The van der Waals surface area contributed by atoms with E-state index in [1.54, 1.807) is 24.4 Å². The van der Waals surface area contributed by atoms with E-state index in [-0.39, 0.29) is 6.04 Å². The van der Waals surface area contributed by atoms with Crippen LogP contribution in [-0.2, 0) is 10.0 Å². The second kappa shape index (κ2) is 5.11. The highest BCUT2D eigenvalue weighted by atomic mass is 35.5. The van der Waals surface area contributed by atoms with Crippen LogP contribution >= 0.6 is 22.9 Å². The molecule has 1 N–H and O–H groups in total. The Morgan fingerprint density at radius 3 is 2.86 bits per heavy atom. The van der Waals surface area contributed by atoms with E-state index < -0.39 is 10.0 Å². The number of sulfonamides is 1. The van der Waals surface area contributed by atoms with Crippen LogP contribution in [0.25, 0.3) is 0 Å². The maximum atomic E-state index is 11.6. The van der Waals surface area contributed by atoms with Gasteiger partial charge in [-0.1, -0.05) is 6.07 Å². The van der Waals surface area contributed by atoms with Gasteiger partial charge in [0.15, 0.2) is 0 Å². The van der Waals surface area contributed by atoms with Gasteiger partial charge in [-0.2, -0.15) is 0 Å². The van der Waals surface area contributed by atoms with Gasteiger partial charge in [0.25, 0.3) is 0 Å². The van der Waals surface area contributed by atoms with E-state index in [9.17, 15) is 8.42 Å². The highest BCUT2D eigenvalue weighted by Crippen LogP contribution is 2.16. The Hall–Kier alpha value is -0.100. The number of nitrogens with one attached hydrogen (secondary N) is 1. The smallest absolute Gasteiger partial charge is 0.208 e. The quantitative estimate of drug-likeness (QED) is 0.817. The van der Waals surface area contributed by atoms with Gasteiger partial charge >= 0.3 is 0 Å². The lowest BCUT2D eigenvalue weighted by Gasteiger charge is -2.11. The second-order valence-corrected chi connectivity index (χ2v) is 6.20. The first-order valence-corrected chi connectivity index (χ1v) is 7.08. The van der Waals surface area contributed by atoms with Gasteiger partial charge in [0.2, 0.25) is 10.0 Å². The summed E-state index contributed by atoms with van der Waals surface area (Å²) in [6, 6.07) is 3.17. The molecule has 1 unspecified atom stereocenters. The third-order valence-corrected chi connectivity index (χ3v) is 4.86. The van der Waals surface area contributed by atoms with Crippen molar-refractivity contribution in [3.8, 4) is 0 Å². The third-order valence-electron chi connectivity index (χ3n) is 1.66. The molecule has 0 aromatic carbocycles. The minimum atomic E-state index is -3.33. The van der Waals surface area contributed by atoms with Crippen molar-refractivity contribution in [3.05, 3.63) is 17.5 Å². The van der Waals surface area contributed by atoms with Crippen LogP contribution in [0, 0.1) is 0 Å². The van der Waals surface area contributed by atoms with Gasteiger partial charge in [0.1, 0.15) is 4.21 Å². The zero-order valence-electron chi connectivity index (χ0n) is 7.73. The van der Waals surface area contributed by atoms with Crippen molar-refractivity contribution in [1.82, 2.24) is 4.72 Å². The monoisotopic (exact) mass is 253 g/mol. The topological polar surface area (TPSA) is 46.2 Å². The summed E-state index contributed by atoms with van der Waals surface area (Å²) in [5.74, 6) is 0.453. The van der Waals surface area contributed by atoms with Crippen LogP contribution in [0.2, 0.25) is 0 Å². The first-order chi connectivity index (χ1) is 6.56. The predicted molar refractivity (Wildman–Crippen MR) is 59.4 cm³/mol. The molecule has 0 aliphatic rings. The van der Waals surface area contributed by atoms with E-state index in [0.29, 0.717) is 16.5 Å². The van der Waals surface area contributed by atoms with Gasteiger partial charge in [0.05, 0.1) is 0 Å². The van der Waals surface area contributed by atoms with Crippen molar-refractivity contribution >= 4 is 33.0 Å². The van der Waals surface area contributed by atoms with Crippen LogP contribution in [0.15, 0.2) is 21.7 Å². The van der Waals surface area contributed by atoms with Crippen LogP contribution in [0.1, 0.15) is 13.3 Å². The van der Waals surface area contributed by atoms with E-state index in [2.05, 4.69) is 4.72 Å². The minimum absolute atomic E-state index is 0.125. The number of alkyl halides is 1. The first-order valence-electron chi connectivity index (χ1n) is 4.18. The van der Waals surface area contributed by atoms with Gasteiger partial charge < -0.3 is 0 Å². The van der Waals surface area contributed by atoms with Crippen molar-refractivity contribution in [1.29, 1.82) is 0 Å². The van der Waals surface area contributed by atoms with Crippen LogP contribution < -0.4 is 4.72 Å². The summed E-state index contributed by atoms with van der Waals surface area (Å²) in [7, 11) is -3.33. The maximum Gasteiger partial charge on any atom is 0.250 e. The Kier molecular flexibility index (Phi) is 4.37. The number of rotatable bonds is 5. The average Bonchev–Trinajstić information content (AvgIpc) is 2.54. The number of hydrogen-bond donors (Lipinski definition) is 1. The molecule has 1 atom stereocenters. The Morgan fingerprint density at radius 1 is 1.64 bits per heavy atom. The summed E-state index contributed by atoms with van der Waals surface area (Å²) in [4.78, 5) is 0. The molecule has 1 aromatic rings. The largest absolute Gasteiger partial charge is 0.250 e. The maximum absolute atomic E-state index is 11.6. The third kappa shape index (κ3) is 3.24. The van der Waals surface area contributed by atoms with Crippen LogP contribution in [-0.4, -0.2) is 20.3 Å². The SMILES string of the molecule is CC(CCCl)NS(=O)(=O)c1cccs1. The summed E-state index contributed by atoms with van der Waals surface area (Å²) in [5.41, 5.74) is 0. The fraction of sp³-hybridized carbons (Fsp3) is 0.500. The molecule has 80 valence electrons. The average molecular weight is 254 g/mol. The number of hydrogen-bond acceptors (Lipinski definition) is 3. The molecule has 0 bridgehead atoms. The molecule has 0 spiro atoms. The summed E-state index contributed by atoms with van der Waals surface area (Å²) < 4.78 is 26.2. The van der Waals surface area contributed by atoms with E-state index >= 15 is 0 Å². The molecule has 0 amide bonds. The zero-order valence-corrected chi connectivity index (χ0v) is 10.1. The van der Waals surface area contributed by atoms with Crippen molar-refractivity contribution in [2.24, 2.45) is 0 Å². The summed E-state index contributed by atoms with van der Waals surface area (Å²) >= 11 is 6.72. The van der Waals surface area contributed by atoms with Crippen LogP contribution in [0.4, 0.5) is 0 Å². The molecule has 0 radical (unpaired) electrons.